The van der Waals surface area contributed by atoms with Gasteiger partial charge in [0.2, 0.25) is 0 Å². The smallest absolute Gasteiger partial charge is 0.0704 e. The van der Waals surface area contributed by atoms with Crippen LogP contribution in [0.15, 0.2) is 0 Å². The second kappa shape index (κ2) is 7.26. The van der Waals surface area contributed by atoms with Gasteiger partial charge in [-0.2, -0.15) is 0 Å². The summed E-state index contributed by atoms with van der Waals surface area (Å²) in [7, 11) is 0. The SMILES string of the molecule is OCCOCCOC1CCNCC1. The Balaban J connectivity index is 1.86. The first-order valence-corrected chi connectivity index (χ1v) is 4.94. The molecular weight excluding hydrogens is 170 g/mol. The molecule has 0 spiro atoms. The van der Waals surface area contributed by atoms with Crippen molar-refractivity contribution in [2.45, 2.75) is 18.9 Å². The highest BCUT2D eigenvalue weighted by atomic mass is 16.5. The monoisotopic (exact) mass is 189 g/mol. The fraction of sp³-hybridized carbons (Fsp3) is 1.00. The molecule has 1 fully saturated rings. The zero-order valence-corrected chi connectivity index (χ0v) is 8.00. The second-order valence-corrected chi connectivity index (χ2v) is 3.16. The van der Waals surface area contributed by atoms with Crippen molar-refractivity contribution >= 4 is 0 Å². The molecular formula is C9H19NO3. The van der Waals surface area contributed by atoms with Crippen LogP contribution in [0.2, 0.25) is 0 Å². The van der Waals surface area contributed by atoms with E-state index < -0.39 is 0 Å². The molecule has 0 aliphatic carbocycles. The van der Waals surface area contributed by atoms with Gasteiger partial charge in [0.15, 0.2) is 0 Å². The van der Waals surface area contributed by atoms with E-state index in [1.165, 1.54) is 0 Å². The van der Waals surface area contributed by atoms with E-state index in [1.54, 1.807) is 0 Å². The highest BCUT2D eigenvalue weighted by molar-refractivity contribution is 4.67. The zero-order chi connectivity index (χ0) is 9.36. The first kappa shape index (κ1) is 10.9. The van der Waals surface area contributed by atoms with E-state index in [1.807, 2.05) is 0 Å². The van der Waals surface area contributed by atoms with Gasteiger partial charge in [-0.1, -0.05) is 0 Å². The standard InChI is InChI=1S/C9H19NO3/c11-5-6-12-7-8-13-9-1-3-10-4-2-9/h9-11H,1-8H2. The molecule has 1 heterocycles. The summed E-state index contributed by atoms with van der Waals surface area (Å²) in [5.74, 6) is 0. The summed E-state index contributed by atoms with van der Waals surface area (Å²) in [5, 5.41) is 11.7. The third kappa shape index (κ3) is 5.21. The van der Waals surface area contributed by atoms with E-state index in [9.17, 15) is 0 Å². The highest BCUT2D eigenvalue weighted by Gasteiger charge is 2.12. The fourth-order valence-electron chi connectivity index (χ4n) is 1.40. The Hall–Kier alpha value is -0.160. The van der Waals surface area contributed by atoms with E-state index in [4.69, 9.17) is 14.6 Å². The highest BCUT2D eigenvalue weighted by Crippen LogP contribution is 2.06. The Bertz CT molecular complexity index is 115. The number of aliphatic hydroxyl groups excluding tert-OH is 1. The quantitative estimate of drug-likeness (QED) is 0.566. The van der Waals surface area contributed by atoms with Crippen molar-refractivity contribution in [3.05, 3.63) is 0 Å². The van der Waals surface area contributed by atoms with Gasteiger partial charge in [-0.3, -0.25) is 0 Å². The van der Waals surface area contributed by atoms with Crippen LogP contribution in [-0.2, 0) is 9.47 Å². The predicted octanol–water partition coefficient (Wildman–Crippen LogP) is -0.236. The summed E-state index contributed by atoms with van der Waals surface area (Å²) in [5.41, 5.74) is 0. The molecule has 1 saturated heterocycles. The fourth-order valence-corrected chi connectivity index (χ4v) is 1.40. The molecule has 0 atom stereocenters. The summed E-state index contributed by atoms with van der Waals surface area (Å²) in [6.45, 7) is 3.85. The summed E-state index contributed by atoms with van der Waals surface area (Å²) < 4.78 is 10.7. The maximum absolute atomic E-state index is 8.44. The number of hydrogen-bond donors (Lipinski definition) is 2. The van der Waals surface area contributed by atoms with E-state index in [-0.39, 0.29) is 6.61 Å². The Kier molecular flexibility index (Phi) is 6.10. The van der Waals surface area contributed by atoms with Crippen LogP contribution < -0.4 is 5.32 Å². The molecule has 0 aromatic heterocycles. The summed E-state index contributed by atoms with van der Waals surface area (Å²) in [4.78, 5) is 0. The molecule has 1 aliphatic rings. The van der Waals surface area contributed by atoms with Gasteiger partial charge in [0.1, 0.15) is 0 Å². The Morgan fingerprint density at radius 1 is 1.15 bits per heavy atom. The van der Waals surface area contributed by atoms with Crippen molar-refractivity contribution in [3.8, 4) is 0 Å². The van der Waals surface area contributed by atoms with E-state index in [0.29, 0.717) is 25.9 Å². The Morgan fingerprint density at radius 3 is 2.62 bits per heavy atom. The van der Waals surface area contributed by atoms with Crippen LogP contribution in [0.25, 0.3) is 0 Å². The lowest BCUT2D eigenvalue weighted by molar-refractivity contribution is -0.0128. The minimum Gasteiger partial charge on any atom is -0.394 e. The van der Waals surface area contributed by atoms with Gasteiger partial charge >= 0.3 is 0 Å². The minimum absolute atomic E-state index is 0.0906. The van der Waals surface area contributed by atoms with Gasteiger partial charge in [0.25, 0.3) is 0 Å². The normalized spacial score (nSPS) is 19.2. The van der Waals surface area contributed by atoms with Gasteiger partial charge < -0.3 is 19.9 Å². The lowest BCUT2D eigenvalue weighted by atomic mass is 10.1. The van der Waals surface area contributed by atoms with Crippen LogP contribution >= 0.6 is 0 Å². The Morgan fingerprint density at radius 2 is 1.92 bits per heavy atom. The maximum atomic E-state index is 8.44. The molecule has 0 unspecified atom stereocenters. The van der Waals surface area contributed by atoms with E-state index in [0.717, 1.165) is 25.9 Å². The van der Waals surface area contributed by atoms with Gasteiger partial charge in [-0.25, -0.2) is 0 Å². The molecule has 0 aromatic rings. The Labute approximate surface area is 79.2 Å². The molecule has 2 N–H and O–H groups in total. The van der Waals surface area contributed by atoms with Crippen molar-refractivity contribution in [2.24, 2.45) is 0 Å². The van der Waals surface area contributed by atoms with E-state index >= 15 is 0 Å². The van der Waals surface area contributed by atoms with Gasteiger partial charge in [-0.15, -0.1) is 0 Å². The molecule has 1 rings (SSSR count). The van der Waals surface area contributed by atoms with Crippen LogP contribution in [0.4, 0.5) is 0 Å². The third-order valence-corrected chi connectivity index (χ3v) is 2.10. The average molecular weight is 189 g/mol. The van der Waals surface area contributed by atoms with E-state index in [2.05, 4.69) is 5.32 Å². The molecule has 4 heteroatoms. The molecule has 0 amide bonds. The van der Waals surface area contributed by atoms with Gasteiger partial charge in [0.05, 0.1) is 32.5 Å². The molecule has 0 saturated carbocycles. The maximum Gasteiger partial charge on any atom is 0.0704 e. The summed E-state index contributed by atoms with van der Waals surface area (Å²) >= 11 is 0. The second-order valence-electron chi connectivity index (χ2n) is 3.16. The number of piperidine rings is 1. The van der Waals surface area contributed by atoms with Crippen LogP contribution in [-0.4, -0.2) is 50.7 Å². The molecule has 1 aliphatic heterocycles. The largest absolute Gasteiger partial charge is 0.394 e. The molecule has 0 aromatic carbocycles. The lowest BCUT2D eigenvalue weighted by Crippen LogP contribution is -2.33. The van der Waals surface area contributed by atoms with Crippen LogP contribution in [0.1, 0.15) is 12.8 Å². The molecule has 13 heavy (non-hydrogen) atoms. The van der Waals surface area contributed by atoms with Crippen molar-refractivity contribution < 1.29 is 14.6 Å². The third-order valence-electron chi connectivity index (χ3n) is 2.10. The van der Waals surface area contributed by atoms with Crippen LogP contribution in [0, 0.1) is 0 Å². The van der Waals surface area contributed by atoms with Crippen molar-refractivity contribution in [3.63, 3.8) is 0 Å². The minimum atomic E-state index is 0.0906. The van der Waals surface area contributed by atoms with Crippen molar-refractivity contribution in [1.82, 2.24) is 5.32 Å². The molecule has 4 nitrogen and oxygen atoms in total. The van der Waals surface area contributed by atoms with Crippen molar-refractivity contribution in [2.75, 3.05) is 39.5 Å². The lowest BCUT2D eigenvalue weighted by Gasteiger charge is -2.22. The summed E-state index contributed by atoms with van der Waals surface area (Å²) in [6.07, 6.45) is 2.60. The zero-order valence-electron chi connectivity index (χ0n) is 8.00. The number of aliphatic hydroxyl groups is 1. The van der Waals surface area contributed by atoms with Gasteiger partial charge in [-0.05, 0) is 25.9 Å². The first-order chi connectivity index (χ1) is 6.43. The summed E-state index contributed by atoms with van der Waals surface area (Å²) in [6, 6.07) is 0. The molecule has 0 radical (unpaired) electrons. The number of ether oxygens (including phenoxy) is 2. The topological polar surface area (TPSA) is 50.7 Å². The van der Waals surface area contributed by atoms with Crippen LogP contribution in [0.5, 0.6) is 0 Å². The number of hydrogen-bond acceptors (Lipinski definition) is 4. The molecule has 78 valence electrons. The van der Waals surface area contributed by atoms with Gasteiger partial charge in [0, 0.05) is 0 Å². The first-order valence-electron chi connectivity index (χ1n) is 4.94. The van der Waals surface area contributed by atoms with Crippen molar-refractivity contribution in [1.29, 1.82) is 0 Å². The average Bonchev–Trinajstić information content (AvgIpc) is 2.19. The van der Waals surface area contributed by atoms with Crippen LogP contribution in [0.3, 0.4) is 0 Å². The number of nitrogens with one attached hydrogen (secondary N) is 1. The number of rotatable bonds is 6. The molecule has 0 bridgehead atoms. The predicted molar refractivity (Wildman–Crippen MR) is 49.7 cm³/mol.